The van der Waals surface area contributed by atoms with Gasteiger partial charge in [-0.1, -0.05) is 35.3 Å². The van der Waals surface area contributed by atoms with Crippen LogP contribution in [0.2, 0.25) is 10.0 Å². The van der Waals surface area contributed by atoms with Gasteiger partial charge in [-0.15, -0.1) is 0 Å². The Labute approximate surface area is 165 Å². The molecule has 1 N–H and O–H groups in total. The van der Waals surface area contributed by atoms with Crippen molar-refractivity contribution in [3.63, 3.8) is 0 Å². The molecule has 0 bridgehead atoms. The SMILES string of the molecule is COc1cc(NC(=O)N2C=CC(=O)C[C@H]2c2ccc(F)cc2)c(Cl)cc1Cl. The second kappa shape index (κ2) is 7.98. The van der Waals surface area contributed by atoms with Crippen molar-refractivity contribution >= 4 is 40.7 Å². The number of rotatable bonds is 3. The van der Waals surface area contributed by atoms with Gasteiger partial charge in [0.25, 0.3) is 0 Å². The van der Waals surface area contributed by atoms with Crippen LogP contribution in [0.1, 0.15) is 18.0 Å². The van der Waals surface area contributed by atoms with Crippen molar-refractivity contribution in [2.24, 2.45) is 0 Å². The lowest BCUT2D eigenvalue weighted by atomic mass is 9.97. The van der Waals surface area contributed by atoms with Gasteiger partial charge in [0.15, 0.2) is 5.78 Å². The third-order valence-electron chi connectivity index (χ3n) is 4.12. The highest BCUT2D eigenvalue weighted by Crippen LogP contribution is 2.35. The molecule has 1 heterocycles. The molecule has 8 heteroatoms. The second-order valence-corrected chi connectivity index (χ2v) is 6.67. The van der Waals surface area contributed by atoms with Crippen molar-refractivity contribution in [2.45, 2.75) is 12.5 Å². The number of anilines is 1. The molecule has 1 aliphatic heterocycles. The van der Waals surface area contributed by atoms with E-state index >= 15 is 0 Å². The molecule has 0 aromatic heterocycles. The highest BCUT2D eigenvalue weighted by Gasteiger charge is 2.29. The second-order valence-electron chi connectivity index (χ2n) is 5.86. The highest BCUT2D eigenvalue weighted by molar-refractivity contribution is 6.37. The standard InChI is InChI=1S/C19H15Cl2FN2O3/c1-27-18-10-16(14(20)9-15(18)21)23-19(26)24-7-6-13(25)8-17(24)11-2-4-12(22)5-3-11/h2-7,9-10,17H,8H2,1H3,(H,23,26)/t17-/m0/s1. The number of allylic oxidation sites excluding steroid dienone is 1. The van der Waals surface area contributed by atoms with Gasteiger partial charge in [0.2, 0.25) is 0 Å². The zero-order valence-electron chi connectivity index (χ0n) is 14.2. The average molecular weight is 409 g/mol. The van der Waals surface area contributed by atoms with Crippen LogP contribution < -0.4 is 10.1 Å². The number of nitrogens with one attached hydrogen (secondary N) is 1. The molecule has 0 fully saturated rings. The van der Waals surface area contributed by atoms with Gasteiger partial charge in [-0.05, 0) is 29.8 Å². The van der Waals surface area contributed by atoms with E-state index in [4.69, 9.17) is 27.9 Å². The van der Waals surface area contributed by atoms with Crippen molar-refractivity contribution in [3.05, 3.63) is 70.1 Å². The summed E-state index contributed by atoms with van der Waals surface area (Å²) in [5.41, 5.74) is 0.954. The van der Waals surface area contributed by atoms with Crippen LogP contribution in [0.5, 0.6) is 5.75 Å². The number of carbonyl (C=O) groups excluding carboxylic acids is 2. The number of methoxy groups -OCH3 is 1. The van der Waals surface area contributed by atoms with Gasteiger partial charge in [0, 0.05) is 18.7 Å². The lowest BCUT2D eigenvalue weighted by Crippen LogP contribution is -2.37. The minimum Gasteiger partial charge on any atom is -0.495 e. The first-order chi connectivity index (χ1) is 12.9. The molecule has 5 nitrogen and oxygen atoms in total. The Balaban J connectivity index is 1.88. The summed E-state index contributed by atoms with van der Waals surface area (Å²) >= 11 is 12.2. The lowest BCUT2D eigenvalue weighted by Gasteiger charge is -2.31. The largest absolute Gasteiger partial charge is 0.495 e. The van der Waals surface area contributed by atoms with E-state index in [1.54, 1.807) is 12.1 Å². The lowest BCUT2D eigenvalue weighted by molar-refractivity contribution is -0.116. The molecule has 140 valence electrons. The van der Waals surface area contributed by atoms with Crippen LogP contribution in [0.4, 0.5) is 14.9 Å². The van der Waals surface area contributed by atoms with E-state index in [1.807, 2.05) is 0 Å². The summed E-state index contributed by atoms with van der Waals surface area (Å²) in [6.45, 7) is 0. The summed E-state index contributed by atoms with van der Waals surface area (Å²) in [6.07, 6.45) is 2.81. The minimum absolute atomic E-state index is 0.0905. The first-order valence-corrected chi connectivity index (χ1v) is 8.73. The van der Waals surface area contributed by atoms with Gasteiger partial charge in [0.1, 0.15) is 11.6 Å². The van der Waals surface area contributed by atoms with Gasteiger partial charge < -0.3 is 10.1 Å². The number of carbonyl (C=O) groups is 2. The molecule has 0 aliphatic carbocycles. The molecule has 2 aromatic carbocycles. The van der Waals surface area contributed by atoms with E-state index in [-0.39, 0.29) is 17.2 Å². The number of ether oxygens (including phenoxy) is 1. The van der Waals surface area contributed by atoms with Crippen LogP contribution >= 0.6 is 23.2 Å². The Kier molecular flexibility index (Phi) is 5.68. The molecule has 2 amide bonds. The number of hydrogen-bond acceptors (Lipinski definition) is 3. The Morgan fingerprint density at radius 1 is 1.22 bits per heavy atom. The number of ketones is 1. The fourth-order valence-electron chi connectivity index (χ4n) is 2.76. The number of amides is 2. The zero-order valence-corrected chi connectivity index (χ0v) is 15.7. The summed E-state index contributed by atoms with van der Waals surface area (Å²) in [6, 6.07) is 7.58. The monoisotopic (exact) mass is 408 g/mol. The molecule has 2 aromatic rings. The topological polar surface area (TPSA) is 58.6 Å². The minimum atomic E-state index is -0.559. The smallest absolute Gasteiger partial charge is 0.326 e. The van der Waals surface area contributed by atoms with Gasteiger partial charge >= 0.3 is 6.03 Å². The fourth-order valence-corrected chi connectivity index (χ4v) is 3.27. The zero-order chi connectivity index (χ0) is 19.6. The van der Waals surface area contributed by atoms with E-state index < -0.39 is 17.9 Å². The first kappa shape index (κ1) is 19.2. The predicted octanol–water partition coefficient (Wildman–Crippen LogP) is 5.20. The van der Waals surface area contributed by atoms with E-state index in [2.05, 4.69) is 5.32 Å². The summed E-state index contributed by atoms with van der Waals surface area (Å²) in [5.74, 6) is -0.164. The Morgan fingerprint density at radius 2 is 1.93 bits per heavy atom. The quantitative estimate of drug-likeness (QED) is 0.758. The Hall–Kier alpha value is -2.57. The molecule has 1 aliphatic rings. The number of halogens is 3. The number of urea groups is 1. The average Bonchev–Trinajstić information content (AvgIpc) is 2.64. The predicted molar refractivity (Wildman–Crippen MR) is 102 cm³/mol. The van der Waals surface area contributed by atoms with Crippen molar-refractivity contribution < 1.29 is 18.7 Å². The van der Waals surface area contributed by atoms with E-state index in [0.29, 0.717) is 22.0 Å². The van der Waals surface area contributed by atoms with E-state index in [0.717, 1.165) is 0 Å². The number of nitrogens with zero attached hydrogens (tertiary/aromatic N) is 1. The molecule has 27 heavy (non-hydrogen) atoms. The maximum absolute atomic E-state index is 13.2. The number of benzene rings is 2. The molecule has 1 atom stereocenters. The molecular weight excluding hydrogens is 394 g/mol. The first-order valence-electron chi connectivity index (χ1n) is 7.98. The fraction of sp³-hybridized carbons (Fsp3) is 0.158. The Bertz CT molecular complexity index is 916. The van der Waals surface area contributed by atoms with E-state index in [1.165, 1.54) is 48.6 Å². The van der Waals surface area contributed by atoms with Gasteiger partial charge in [0.05, 0.1) is 28.9 Å². The molecular formula is C19H15Cl2FN2O3. The summed E-state index contributed by atoms with van der Waals surface area (Å²) in [5, 5.41) is 3.24. The summed E-state index contributed by atoms with van der Waals surface area (Å²) in [7, 11) is 1.45. The van der Waals surface area contributed by atoms with Crippen LogP contribution in [0.15, 0.2) is 48.7 Å². The van der Waals surface area contributed by atoms with Crippen molar-refractivity contribution in [1.82, 2.24) is 4.90 Å². The van der Waals surface area contributed by atoms with E-state index in [9.17, 15) is 14.0 Å². The summed E-state index contributed by atoms with van der Waals surface area (Å²) < 4.78 is 18.3. The van der Waals surface area contributed by atoms with Crippen molar-refractivity contribution in [3.8, 4) is 5.75 Å². The van der Waals surface area contributed by atoms with Crippen LogP contribution in [0.25, 0.3) is 0 Å². The van der Waals surface area contributed by atoms with Crippen LogP contribution in [-0.4, -0.2) is 23.8 Å². The van der Waals surface area contributed by atoms with Gasteiger partial charge in [-0.2, -0.15) is 0 Å². The molecule has 0 radical (unpaired) electrons. The summed E-state index contributed by atoms with van der Waals surface area (Å²) in [4.78, 5) is 26.0. The van der Waals surface area contributed by atoms with Crippen LogP contribution in [0, 0.1) is 5.82 Å². The molecule has 0 spiro atoms. The normalized spacial score (nSPS) is 16.4. The van der Waals surface area contributed by atoms with Gasteiger partial charge in [-0.3, -0.25) is 9.69 Å². The van der Waals surface area contributed by atoms with Crippen LogP contribution in [0.3, 0.4) is 0 Å². The molecule has 0 saturated carbocycles. The Morgan fingerprint density at radius 3 is 2.59 bits per heavy atom. The molecule has 0 unspecified atom stereocenters. The van der Waals surface area contributed by atoms with Crippen molar-refractivity contribution in [2.75, 3.05) is 12.4 Å². The maximum Gasteiger partial charge on any atom is 0.326 e. The highest BCUT2D eigenvalue weighted by atomic mass is 35.5. The third-order valence-corrected chi connectivity index (χ3v) is 4.73. The maximum atomic E-state index is 13.2. The van der Waals surface area contributed by atoms with Gasteiger partial charge in [-0.25, -0.2) is 9.18 Å². The molecule has 0 saturated heterocycles. The third kappa shape index (κ3) is 4.23. The number of hydrogen-bond donors (Lipinski definition) is 1. The molecule has 3 rings (SSSR count). The van der Waals surface area contributed by atoms with Crippen LogP contribution in [-0.2, 0) is 4.79 Å². The van der Waals surface area contributed by atoms with Crippen molar-refractivity contribution in [1.29, 1.82) is 0 Å².